The van der Waals surface area contributed by atoms with Gasteiger partial charge in [-0.2, -0.15) is 15.0 Å². The monoisotopic (exact) mass is 278 g/mol. The highest BCUT2D eigenvalue weighted by Crippen LogP contribution is 2.27. The van der Waals surface area contributed by atoms with Crippen molar-refractivity contribution in [2.75, 3.05) is 49.3 Å². The van der Waals surface area contributed by atoms with Gasteiger partial charge in [-0.15, -0.1) is 0 Å². The predicted molar refractivity (Wildman–Crippen MR) is 83.5 cm³/mol. The molecule has 2 heterocycles. The van der Waals surface area contributed by atoms with E-state index in [2.05, 4.69) is 39.0 Å². The quantitative estimate of drug-likeness (QED) is 0.907. The first kappa shape index (κ1) is 14.8. The Morgan fingerprint density at radius 2 is 1.80 bits per heavy atom. The number of hydrogen-bond donors (Lipinski definition) is 1. The SMILES string of the molecule is CNc1nc(N(C)C)nc(N2CCC(C(C)C)CC2)n1. The van der Waals surface area contributed by atoms with Gasteiger partial charge in [0.15, 0.2) is 0 Å². The van der Waals surface area contributed by atoms with Crippen LogP contribution in [0.15, 0.2) is 0 Å². The van der Waals surface area contributed by atoms with Crippen LogP contribution in [-0.4, -0.2) is 49.2 Å². The molecule has 1 aromatic rings. The molecule has 0 amide bonds. The van der Waals surface area contributed by atoms with Crippen LogP contribution in [0, 0.1) is 11.8 Å². The summed E-state index contributed by atoms with van der Waals surface area (Å²) in [7, 11) is 5.73. The number of aromatic nitrogens is 3. The van der Waals surface area contributed by atoms with Crippen LogP contribution in [-0.2, 0) is 0 Å². The minimum atomic E-state index is 0.629. The van der Waals surface area contributed by atoms with Crippen molar-refractivity contribution in [2.45, 2.75) is 26.7 Å². The number of piperidine rings is 1. The third-order valence-electron chi connectivity index (χ3n) is 4.00. The molecule has 1 fully saturated rings. The summed E-state index contributed by atoms with van der Waals surface area (Å²) >= 11 is 0. The molecule has 0 radical (unpaired) electrons. The van der Waals surface area contributed by atoms with Crippen LogP contribution in [0.4, 0.5) is 17.8 Å². The standard InChI is InChI=1S/C14H26N6/c1-10(2)11-6-8-20(9-7-11)14-17-12(15-3)16-13(18-14)19(4)5/h10-11H,6-9H2,1-5H3,(H,15,16,17,18). The number of anilines is 3. The van der Waals surface area contributed by atoms with Crippen molar-refractivity contribution in [1.82, 2.24) is 15.0 Å². The highest BCUT2D eigenvalue weighted by Gasteiger charge is 2.23. The Hall–Kier alpha value is -1.59. The van der Waals surface area contributed by atoms with E-state index in [-0.39, 0.29) is 0 Å². The molecule has 0 unspecified atom stereocenters. The average Bonchev–Trinajstić information content (AvgIpc) is 2.46. The van der Waals surface area contributed by atoms with Crippen LogP contribution in [0.5, 0.6) is 0 Å². The lowest BCUT2D eigenvalue weighted by Gasteiger charge is -2.34. The van der Waals surface area contributed by atoms with E-state index in [4.69, 9.17) is 0 Å². The van der Waals surface area contributed by atoms with Crippen molar-refractivity contribution >= 4 is 17.8 Å². The molecule has 1 aromatic heterocycles. The van der Waals surface area contributed by atoms with Gasteiger partial charge < -0.3 is 15.1 Å². The molecule has 0 spiro atoms. The molecule has 1 aliphatic heterocycles. The lowest BCUT2D eigenvalue weighted by Crippen LogP contribution is -2.36. The van der Waals surface area contributed by atoms with E-state index >= 15 is 0 Å². The van der Waals surface area contributed by atoms with Crippen LogP contribution in [0.2, 0.25) is 0 Å². The second kappa shape index (κ2) is 6.24. The van der Waals surface area contributed by atoms with E-state index < -0.39 is 0 Å². The van der Waals surface area contributed by atoms with Gasteiger partial charge in [-0.25, -0.2) is 0 Å². The smallest absolute Gasteiger partial charge is 0.231 e. The first-order chi connectivity index (χ1) is 9.51. The van der Waals surface area contributed by atoms with Gasteiger partial charge in [-0.3, -0.25) is 0 Å². The van der Waals surface area contributed by atoms with E-state index in [1.807, 2.05) is 26.0 Å². The summed E-state index contributed by atoms with van der Waals surface area (Å²) in [5.74, 6) is 3.70. The Kier molecular flexibility index (Phi) is 4.62. The fourth-order valence-corrected chi connectivity index (χ4v) is 2.57. The Bertz CT molecular complexity index is 437. The topological polar surface area (TPSA) is 57.2 Å². The zero-order valence-electron chi connectivity index (χ0n) is 13.2. The van der Waals surface area contributed by atoms with Crippen LogP contribution < -0.4 is 15.1 Å². The Balaban J connectivity index is 2.15. The maximum absolute atomic E-state index is 4.56. The van der Waals surface area contributed by atoms with Crippen molar-refractivity contribution in [3.05, 3.63) is 0 Å². The third-order valence-corrected chi connectivity index (χ3v) is 4.00. The molecule has 20 heavy (non-hydrogen) atoms. The molecule has 1 saturated heterocycles. The normalized spacial score (nSPS) is 16.6. The molecule has 0 aromatic carbocycles. The second-order valence-corrected chi connectivity index (χ2v) is 5.97. The Morgan fingerprint density at radius 1 is 1.15 bits per heavy atom. The summed E-state index contributed by atoms with van der Waals surface area (Å²) in [5, 5.41) is 3.01. The molecule has 2 rings (SSSR count). The molecule has 0 aliphatic carbocycles. The Morgan fingerprint density at radius 3 is 2.30 bits per heavy atom. The highest BCUT2D eigenvalue weighted by atomic mass is 15.3. The van der Waals surface area contributed by atoms with Crippen LogP contribution >= 0.6 is 0 Å². The van der Waals surface area contributed by atoms with E-state index in [9.17, 15) is 0 Å². The number of rotatable bonds is 4. The summed E-state index contributed by atoms with van der Waals surface area (Å²) in [6.45, 7) is 6.69. The van der Waals surface area contributed by atoms with Gasteiger partial charge in [-0.1, -0.05) is 13.8 Å². The van der Waals surface area contributed by atoms with E-state index in [1.54, 1.807) is 0 Å². The molecule has 0 saturated carbocycles. The summed E-state index contributed by atoms with van der Waals surface area (Å²) in [5.41, 5.74) is 0. The molecular weight excluding hydrogens is 252 g/mol. The number of hydrogen-bond acceptors (Lipinski definition) is 6. The highest BCUT2D eigenvalue weighted by molar-refractivity contribution is 5.44. The average molecular weight is 278 g/mol. The van der Waals surface area contributed by atoms with Gasteiger partial charge in [0.1, 0.15) is 0 Å². The minimum absolute atomic E-state index is 0.629. The molecular formula is C14H26N6. The maximum Gasteiger partial charge on any atom is 0.231 e. The fraction of sp³-hybridized carbons (Fsp3) is 0.786. The predicted octanol–water partition coefficient (Wildman–Crippen LogP) is 1.85. The van der Waals surface area contributed by atoms with E-state index in [1.165, 1.54) is 12.8 Å². The second-order valence-electron chi connectivity index (χ2n) is 5.97. The fourth-order valence-electron chi connectivity index (χ4n) is 2.57. The molecule has 0 bridgehead atoms. The van der Waals surface area contributed by atoms with E-state index in [0.29, 0.717) is 11.9 Å². The molecule has 1 aliphatic rings. The van der Waals surface area contributed by atoms with Crippen molar-refractivity contribution < 1.29 is 0 Å². The summed E-state index contributed by atoms with van der Waals surface area (Å²) in [6.07, 6.45) is 2.44. The van der Waals surface area contributed by atoms with Gasteiger partial charge >= 0.3 is 0 Å². The largest absolute Gasteiger partial charge is 0.357 e. The van der Waals surface area contributed by atoms with E-state index in [0.717, 1.165) is 30.9 Å². The van der Waals surface area contributed by atoms with Gasteiger partial charge in [0.25, 0.3) is 0 Å². The first-order valence-corrected chi connectivity index (χ1v) is 7.37. The zero-order chi connectivity index (χ0) is 14.7. The molecule has 0 atom stereocenters. The molecule has 6 heteroatoms. The van der Waals surface area contributed by atoms with Crippen LogP contribution in [0.1, 0.15) is 26.7 Å². The molecule has 112 valence electrons. The first-order valence-electron chi connectivity index (χ1n) is 7.37. The lowest BCUT2D eigenvalue weighted by atomic mass is 9.87. The van der Waals surface area contributed by atoms with Gasteiger partial charge in [0.05, 0.1) is 0 Å². The van der Waals surface area contributed by atoms with Gasteiger partial charge in [0.2, 0.25) is 17.8 Å². The van der Waals surface area contributed by atoms with Crippen LogP contribution in [0.25, 0.3) is 0 Å². The zero-order valence-corrected chi connectivity index (χ0v) is 13.2. The third kappa shape index (κ3) is 3.29. The summed E-state index contributed by atoms with van der Waals surface area (Å²) in [4.78, 5) is 17.6. The van der Waals surface area contributed by atoms with Crippen molar-refractivity contribution in [2.24, 2.45) is 11.8 Å². The maximum atomic E-state index is 4.56. The number of nitrogens with one attached hydrogen (secondary N) is 1. The van der Waals surface area contributed by atoms with Crippen LogP contribution in [0.3, 0.4) is 0 Å². The lowest BCUT2D eigenvalue weighted by molar-refractivity contribution is 0.310. The van der Waals surface area contributed by atoms with Crippen molar-refractivity contribution in [3.8, 4) is 0 Å². The molecule has 6 nitrogen and oxygen atoms in total. The minimum Gasteiger partial charge on any atom is -0.357 e. The summed E-state index contributed by atoms with van der Waals surface area (Å²) in [6, 6.07) is 0. The summed E-state index contributed by atoms with van der Waals surface area (Å²) < 4.78 is 0. The number of nitrogens with zero attached hydrogens (tertiary/aromatic N) is 5. The van der Waals surface area contributed by atoms with Gasteiger partial charge in [0, 0.05) is 34.2 Å². The van der Waals surface area contributed by atoms with Gasteiger partial charge in [-0.05, 0) is 24.7 Å². The van der Waals surface area contributed by atoms with Crippen molar-refractivity contribution in [3.63, 3.8) is 0 Å². The van der Waals surface area contributed by atoms with Crippen molar-refractivity contribution in [1.29, 1.82) is 0 Å². The Labute approximate surface area is 121 Å². The molecule has 1 N–H and O–H groups in total.